The average Bonchev–Trinajstić information content (AvgIpc) is 2.55. The predicted octanol–water partition coefficient (Wildman–Crippen LogP) is 1.96. The van der Waals surface area contributed by atoms with Crippen molar-refractivity contribution in [2.75, 3.05) is 0 Å². The molecule has 2 aromatic heterocycles. The molecule has 0 aliphatic rings. The van der Waals surface area contributed by atoms with Gasteiger partial charge in [0, 0.05) is 18.7 Å². The number of fused-ring (bicyclic) bond motifs is 1. The third-order valence-electron chi connectivity index (χ3n) is 2.63. The van der Waals surface area contributed by atoms with Crippen LogP contribution in [0, 0.1) is 0 Å². The van der Waals surface area contributed by atoms with Crippen LogP contribution in [-0.4, -0.2) is 25.6 Å². The number of carboxylic acid groups (broad SMARTS) is 1. The zero-order valence-electron chi connectivity index (χ0n) is 10.4. The molecule has 2 rings (SSSR count). The van der Waals surface area contributed by atoms with Gasteiger partial charge in [-0.1, -0.05) is 20.8 Å². The SMILES string of the molecule is Cn1c(C(C)(C)C)nc2cc(C(=O)O)cnc21. The number of nitrogens with zero attached hydrogens (tertiary/aromatic N) is 3. The highest BCUT2D eigenvalue weighted by atomic mass is 16.4. The number of carbonyl (C=O) groups is 1. The fourth-order valence-electron chi connectivity index (χ4n) is 1.86. The average molecular weight is 233 g/mol. The number of pyridine rings is 1. The monoisotopic (exact) mass is 233 g/mol. The first-order valence-electron chi connectivity index (χ1n) is 5.37. The summed E-state index contributed by atoms with van der Waals surface area (Å²) in [6, 6.07) is 1.56. The summed E-state index contributed by atoms with van der Waals surface area (Å²) in [7, 11) is 1.89. The summed E-state index contributed by atoms with van der Waals surface area (Å²) in [5, 5.41) is 8.91. The quantitative estimate of drug-likeness (QED) is 0.817. The van der Waals surface area contributed by atoms with Crippen LogP contribution in [0.25, 0.3) is 11.2 Å². The van der Waals surface area contributed by atoms with Crippen molar-refractivity contribution in [3.8, 4) is 0 Å². The topological polar surface area (TPSA) is 68.0 Å². The molecule has 0 atom stereocenters. The highest BCUT2D eigenvalue weighted by Crippen LogP contribution is 2.24. The lowest BCUT2D eigenvalue weighted by atomic mass is 9.96. The smallest absolute Gasteiger partial charge is 0.337 e. The number of hydrogen-bond donors (Lipinski definition) is 1. The van der Waals surface area contributed by atoms with E-state index in [1.807, 2.05) is 11.6 Å². The molecule has 5 nitrogen and oxygen atoms in total. The van der Waals surface area contributed by atoms with Gasteiger partial charge in [0.05, 0.1) is 5.56 Å². The molecule has 0 unspecified atom stereocenters. The third kappa shape index (κ3) is 1.88. The van der Waals surface area contributed by atoms with Gasteiger partial charge in [-0.3, -0.25) is 0 Å². The van der Waals surface area contributed by atoms with E-state index in [-0.39, 0.29) is 11.0 Å². The van der Waals surface area contributed by atoms with Gasteiger partial charge in [0.15, 0.2) is 5.65 Å². The molecule has 0 radical (unpaired) electrons. The molecule has 2 heterocycles. The number of hydrogen-bond acceptors (Lipinski definition) is 3. The van der Waals surface area contributed by atoms with Gasteiger partial charge in [-0.2, -0.15) is 0 Å². The van der Waals surface area contributed by atoms with E-state index < -0.39 is 5.97 Å². The number of imidazole rings is 1. The van der Waals surface area contributed by atoms with Crippen molar-refractivity contribution in [3.05, 3.63) is 23.7 Å². The maximum Gasteiger partial charge on any atom is 0.337 e. The van der Waals surface area contributed by atoms with Gasteiger partial charge < -0.3 is 9.67 Å². The van der Waals surface area contributed by atoms with Crippen LogP contribution in [0.3, 0.4) is 0 Å². The lowest BCUT2D eigenvalue weighted by Crippen LogP contribution is -2.17. The van der Waals surface area contributed by atoms with E-state index in [1.165, 1.54) is 6.20 Å². The lowest BCUT2D eigenvalue weighted by Gasteiger charge is -2.17. The Morgan fingerprint density at radius 1 is 1.41 bits per heavy atom. The second kappa shape index (κ2) is 3.55. The van der Waals surface area contributed by atoms with Crippen molar-refractivity contribution in [2.24, 2.45) is 7.05 Å². The molecule has 0 aliphatic carbocycles. The summed E-state index contributed by atoms with van der Waals surface area (Å²) in [6.45, 7) is 6.19. The zero-order valence-corrected chi connectivity index (χ0v) is 10.4. The van der Waals surface area contributed by atoms with Crippen LogP contribution >= 0.6 is 0 Å². The Kier molecular flexibility index (Phi) is 2.41. The van der Waals surface area contributed by atoms with Crippen LogP contribution in [0.2, 0.25) is 0 Å². The van der Waals surface area contributed by atoms with E-state index in [2.05, 4.69) is 30.7 Å². The normalized spacial score (nSPS) is 12.0. The largest absolute Gasteiger partial charge is 0.478 e. The molecule has 0 spiro atoms. The molecule has 17 heavy (non-hydrogen) atoms. The van der Waals surface area contributed by atoms with Crippen molar-refractivity contribution in [1.29, 1.82) is 0 Å². The zero-order chi connectivity index (χ0) is 12.8. The highest BCUT2D eigenvalue weighted by Gasteiger charge is 2.22. The van der Waals surface area contributed by atoms with Gasteiger partial charge in [0.1, 0.15) is 11.3 Å². The Balaban J connectivity index is 2.70. The second-order valence-electron chi connectivity index (χ2n) is 5.12. The Hall–Kier alpha value is -1.91. The summed E-state index contributed by atoms with van der Waals surface area (Å²) in [6.07, 6.45) is 1.36. The first-order chi connectivity index (χ1) is 7.80. The molecule has 0 bridgehead atoms. The molecule has 2 aromatic rings. The van der Waals surface area contributed by atoms with E-state index in [1.54, 1.807) is 6.07 Å². The van der Waals surface area contributed by atoms with Gasteiger partial charge in [-0.15, -0.1) is 0 Å². The third-order valence-corrected chi connectivity index (χ3v) is 2.63. The molecule has 0 aromatic carbocycles. The van der Waals surface area contributed by atoms with Gasteiger partial charge >= 0.3 is 5.97 Å². The number of aromatic carboxylic acids is 1. The summed E-state index contributed by atoms with van der Waals surface area (Å²) >= 11 is 0. The molecule has 0 saturated carbocycles. The van der Waals surface area contributed by atoms with E-state index in [9.17, 15) is 4.79 Å². The van der Waals surface area contributed by atoms with Crippen molar-refractivity contribution >= 4 is 17.1 Å². The number of rotatable bonds is 1. The van der Waals surface area contributed by atoms with Crippen LogP contribution in [-0.2, 0) is 12.5 Å². The van der Waals surface area contributed by atoms with Crippen LogP contribution in [0.1, 0.15) is 37.0 Å². The Morgan fingerprint density at radius 2 is 2.06 bits per heavy atom. The maximum atomic E-state index is 10.9. The summed E-state index contributed by atoms with van der Waals surface area (Å²) in [5.74, 6) is -0.0927. The maximum absolute atomic E-state index is 10.9. The lowest BCUT2D eigenvalue weighted by molar-refractivity contribution is 0.0696. The summed E-state index contributed by atoms with van der Waals surface area (Å²) in [4.78, 5) is 19.5. The second-order valence-corrected chi connectivity index (χ2v) is 5.12. The van der Waals surface area contributed by atoms with Crippen molar-refractivity contribution in [1.82, 2.24) is 14.5 Å². The van der Waals surface area contributed by atoms with Gasteiger partial charge in [0.25, 0.3) is 0 Å². The molecule has 0 amide bonds. The van der Waals surface area contributed by atoms with Crippen LogP contribution < -0.4 is 0 Å². The molecule has 0 saturated heterocycles. The standard InChI is InChI=1S/C12H15N3O2/c1-12(2,3)11-14-8-5-7(10(16)17)6-13-9(8)15(11)4/h5-6H,1-4H3,(H,16,17). The van der Waals surface area contributed by atoms with Gasteiger partial charge in [-0.25, -0.2) is 14.8 Å². The van der Waals surface area contributed by atoms with Crippen LogP contribution in [0.15, 0.2) is 12.3 Å². The Morgan fingerprint density at radius 3 is 2.59 bits per heavy atom. The van der Waals surface area contributed by atoms with Crippen LogP contribution in [0.4, 0.5) is 0 Å². The number of carboxylic acids is 1. The van der Waals surface area contributed by atoms with Gasteiger partial charge in [-0.05, 0) is 6.07 Å². The van der Waals surface area contributed by atoms with E-state index in [0.29, 0.717) is 11.2 Å². The molecule has 1 N–H and O–H groups in total. The number of aryl methyl sites for hydroxylation is 1. The minimum absolute atomic E-state index is 0.0984. The number of aromatic nitrogens is 3. The van der Waals surface area contributed by atoms with E-state index >= 15 is 0 Å². The molecule has 90 valence electrons. The first-order valence-corrected chi connectivity index (χ1v) is 5.37. The fraction of sp³-hybridized carbons (Fsp3) is 0.417. The summed E-state index contributed by atoms with van der Waals surface area (Å²) in [5.41, 5.74) is 1.40. The Bertz CT molecular complexity index is 594. The van der Waals surface area contributed by atoms with Crippen LogP contribution in [0.5, 0.6) is 0 Å². The molecular weight excluding hydrogens is 218 g/mol. The van der Waals surface area contributed by atoms with Crippen molar-refractivity contribution in [2.45, 2.75) is 26.2 Å². The van der Waals surface area contributed by atoms with Crippen molar-refractivity contribution < 1.29 is 9.90 Å². The molecule has 0 fully saturated rings. The highest BCUT2D eigenvalue weighted by molar-refractivity contribution is 5.90. The minimum atomic E-state index is -0.984. The van der Waals surface area contributed by atoms with E-state index in [0.717, 1.165) is 5.82 Å². The molecular formula is C12H15N3O2. The first kappa shape index (κ1) is 11.6. The molecule has 0 aliphatic heterocycles. The van der Waals surface area contributed by atoms with Gasteiger partial charge in [0.2, 0.25) is 0 Å². The van der Waals surface area contributed by atoms with E-state index in [4.69, 9.17) is 5.11 Å². The van der Waals surface area contributed by atoms with Crippen molar-refractivity contribution in [3.63, 3.8) is 0 Å². The minimum Gasteiger partial charge on any atom is -0.478 e. The fourth-order valence-corrected chi connectivity index (χ4v) is 1.86. The predicted molar refractivity (Wildman–Crippen MR) is 64.2 cm³/mol. The summed E-state index contributed by atoms with van der Waals surface area (Å²) < 4.78 is 1.90. The molecule has 5 heteroatoms. The Labute approximate surface area is 99.1 Å².